The summed E-state index contributed by atoms with van der Waals surface area (Å²) in [6.07, 6.45) is 3.71. The van der Waals surface area contributed by atoms with Crippen molar-refractivity contribution in [3.63, 3.8) is 0 Å². The SMILES string of the molecule is Clc1cccc(OCc2ccccc2CCNC2CC2)c1. The molecule has 1 aliphatic rings. The Bertz CT molecular complexity index is 595. The van der Waals surface area contributed by atoms with E-state index in [1.807, 2.05) is 24.3 Å². The summed E-state index contributed by atoms with van der Waals surface area (Å²) in [6.45, 7) is 1.62. The van der Waals surface area contributed by atoms with Crippen LogP contribution < -0.4 is 10.1 Å². The quantitative estimate of drug-likeness (QED) is 0.827. The molecule has 0 atom stereocenters. The lowest BCUT2D eigenvalue weighted by atomic mass is 10.1. The first-order valence-electron chi connectivity index (χ1n) is 7.50. The molecule has 0 heterocycles. The van der Waals surface area contributed by atoms with Gasteiger partial charge in [0, 0.05) is 11.1 Å². The van der Waals surface area contributed by atoms with E-state index >= 15 is 0 Å². The maximum atomic E-state index is 5.97. The smallest absolute Gasteiger partial charge is 0.121 e. The second-order valence-electron chi connectivity index (χ2n) is 5.49. The van der Waals surface area contributed by atoms with Crippen molar-refractivity contribution in [2.45, 2.75) is 31.9 Å². The van der Waals surface area contributed by atoms with Crippen LogP contribution in [-0.4, -0.2) is 12.6 Å². The molecule has 1 N–H and O–H groups in total. The molecule has 21 heavy (non-hydrogen) atoms. The predicted molar refractivity (Wildman–Crippen MR) is 87.0 cm³/mol. The minimum absolute atomic E-state index is 0.583. The Morgan fingerprint density at radius 2 is 1.86 bits per heavy atom. The third kappa shape index (κ3) is 4.48. The highest BCUT2D eigenvalue weighted by molar-refractivity contribution is 6.30. The van der Waals surface area contributed by atoms with Crippen molar-refractivity contribution in [2.24, 2.45) is 0 Å². The Hall–Kier alpha value is -1.51. The van der Waals surface area contributed by atoms with Crippen molar-refractivity contribution in [1.29, 1.82) is 0 Å². The topological polar surface area (TPSA) is 21.3 Å². The number of ether oxygens (including phenoxy) is 1. The lowest BCUT2D eigenvalue weighted by Crippen LogP contribution is -2.19. The van der Waals surface area contributed by atoms with Gasteiger partial charge in [-0.1, -0.05) is 41.9 Å². The molecular weight excluding hydrogens is 282 g/mol. The molecule has 110 valence electrons. The van der Waals surface area contributed by atoms with Crippen LogP contribution in [0.1, 0.15) is 24.0 Å². The van der Waals surface area contributed by atoms with Crippen LogP contribution in [0.3, 0.4) is 0 Å². The van der Waals surface area contributed by atoms with Crippen molar-refractivity contribution in [3.8, 4) is 5.75 Å². The normalized spacial score (nSPS) is 14.1. The van der Waals surface area contributed by atoms with Crippen LogP contribution in [0.25, 0.3) is 0 Å². The molecule has 1 saturated carbocycles. The lowest BCUT2D eigenvalue weighted by Gasteiger charge is -2.11. The van der Waals surface area contributed by atoms with E-state index in [0.29, 0.717) is 11.6 Å². The minimum Gasteiger partial charge on any atom is -0.489 e. The zero-order valence-electron chi connectivity index (χ0n) is 12.0. The van der Waals surface area contributed by atoms with Crippen LogP contribution in [0.2, 0.25) is 5.02 Å². The minimum atomic E-state index is 0.583. The van der Waals surface area contributed by atoms with Gasteiger partial charge in [-0.2, -0.15) is 0 Å². The average Bonchev–Trinajstić information content (AvgIpc) is 3.31. The van der Waals surface area contributed by atoms with Gasteiger partial charge in [0.2, 0.25) is 0 Å². The van der Waals surface area contributed by atoms with Gasteiger partial charge in [0.05, 0.1) is 0 Å². The van der Waals surface area contributed by atoms with Crippen LogP contribution in [0.5, 0.6) is 5.75 Å². The van der Waals surface area contributed by atoms with Gasteiger partial charge in [0.25, 0.3) is 0 Å². The number of benzene rings is 2. The summed E-state index contributed by atoms with van der Waals surface area (Å²) in [4.78, 5) is 0. The third-order valence-electron chi connectivity index (χ3n) is 3.71. The maximum absolute atomic E-state index is 5.97. The molecule has 3 rings (SSSR count). The number of hydrogen-bond acceptors (Lipinski definition) is 2. The van der Waals surface area contributed by atoms with E-state index in [2.05, 4.69) is 29.6 Å². The fourth-order valence-corrected chi connectivity index (χ4v) is 2.54. The van der Waals surface area contributed by atoms with Gasteiger partial charge >= 0.3 is 0 Å². The number of nitrogens with one attached hydrogen (secondary N) is 1. The molecule has 0 aromatic heterocycles. The largest absolute Gasteiger partial charge is 0.489 e. The number of halogens is 1. The van der Waals surface area contributed by atoms with Crippen LogP contribution in [-0.2, 0) is 13.0 Å². The van der Waals surface area contributed by atoms with Crippen molar-refractivity contribution >= 4 is 11.6 Å². The average molecular weight is 302 g/mol. The Labute approximate surface area is 131 Å². The summed E-state index contributed by atoms with van der Waals surface area (Å²) in [5.41, 5.74) is 2.60. The van der Waals surface area contributed by atoms with Crippen LogP contribution in [0, 0.1) is 0 Å². The Morgan fingerprint density at radius 3 is 2.62 bits per heavy atom. The van der Waals surface area contributed by atoms with Gasteiger partial charge in [-0.3, -0.25) is 0 Å². The highest BCUT2D eigenvalue weighted by Crippen LogP contribution is 2.20. The van der Waals surface area contributed by atoms with Gasteiger partial charge < -0.3 is 10.1 Å². The van der Waals surface area contributed by atoms with Crippen molar-refractivity contribution in [2.75, 3.05) is 6.54 Å². The Kier molecular flexibility index (Phi) is 4.79. The van der Waals surface area contributed by atoms with Crippen LogP contribution in [0.15, 0.2) is 48.5 Å². The summed E-state index contributed by atoms with van der Waals surface area (Å²) < 4.78 is 5.85. The molecule has 0 saturated heterocycles. The van der Waals surface area contributed by atoms with Crippen molar-refractivity contribution in [3.05, 3.63) is 64.7 Å². The second-order valence-corrected chi connectivity index (χ2v) is 5.93. The Balaban J connectivity index is 1.58. The van der Waals surface area contributed by atoms with E-state index in [0.717, 1.165) is 24.8 Å². The van der Waals surface area contributed by atoms with E-state index in [1.54, 1.807) is 0 Å². The van der Waals surface area contributed by atoms with Gasteiger partial charge in [-0.05, 0) is 55.1 Å². The molecule has 1 aliphatic carbocycles. The summed E-state index contributed by atoms with van der Waals surface area (Å²) in [7, 11) is 0. The fourth-order valence-electron chi connectivity index (χ4n) is 2.36. The predicted octanol–water partition coefficient (Wildman–Crippen LogP) is 4.21. The van der Waals surface area contributed by atoms with Crippen LogP contribution in [0.4, 0.5) is 0 Å². The monoisotopic (exact) mass is 301 g/mol. The number of rotatable bonds is 7. The molecule has 1 fully saturated rings. The highest BCUT2D eigenvalue weighted by atomic mass is 35.5. The first kappa shape index (κ1) is 14.4. The van der Waals surface area contributed by atoms with Crippen molar-refractivity contribution in [1.82, 2.24) is 5.32 Å². The fraction of sp³-hybridized carbons (Fsp3) is 0.333. The van der Waals surface area contributed by atoms with Gasteiger partial charge in [-0.25, -0.2) is 0 Å². The van der Waals surface area contributed by atoms with E-state index in [4.69, 9.17) is 16.3 Å². The van der Waals surface area contributed by atoms with Gasteiger partial charge in [-0.15, -0.1) is 0 Å². The molecule has 0 amide bonds. The summed E-state index contributed by atoms with van der Waals surface area (Å²) in [6, 6.07) is 16.8. The highest BCUT2D eigenvalue weighted by Gasteiger charge is 2.19. The van der Waals surface area contributed by atoms with E-state index < -0.39 is 0 Å². The van der Waals surface area contributed by atoms with Crippen LogP contribution >= 0.6 is 11.6 Å². The first-order chi connectivity index (χ1) is 10.3. The Morgan fingerprint density at radius 1 is 1.05 bits per heavy atom. The zero-order valence-corrected chi connectivity index (χ0v) is 12.8. The summed E-state index contributed by atoms with van der Waals surface area (Å²) in [5, 5.41) is 4.26. The maximum Gasteiger partial charge on any atom is 0.121 e. The van der Waals surface area contributed by atoms with Crippen molar-refractivity contribution < 1.29 is 4.74 Å². The first-order valence-corrected chi connectivity index (χ1v) is 7.87. The molecular formula is C18H20ClNO. The molecule has 2 aromatic carbocycles. The molecule has 3 heteroatoms. The molecule has 0 radical (unpaired) electrons. The van der Waals surface area contributed by atoms with E-state index in [-0.39, 0.29) is 0 Å². The lowest BCUT2D eigenvalue weighted by molar-refractivity contribution is 0.305. The molecule has 2 aromatic rings. The third-order valence-corrected chi connectivity index (χ3v) is 3.95. The molecule has 0 spiro atoms. The molecule has 0 unspecified atom stereocenters. The summed E-state index contributed by atoms with van der Waals surface area (Å²) >= 11 is 5.97. The summed E-state index contributed by atoms with van der Waals surface area (Å²) in [5.74, 6) is 0.813. The van der Waals surface area contributed by atoms with Gasteiger partial charge in [0.15, 0.2) is 0 Å². The van der Waals surface area contributed by atoms with E-state index in [1.165, 1.54) is 24.0 Å². The molecule has 2 nitrogen and oxygen atoms in total. The van der Waals surface area contributed by atoms with Gasteiger partial charge in [0.1, 0.15) is 12.4 Å². The van der Waals surface area contributed by atoms with E-state index in [9.17, 15) is 0 Å². The molecule has 0 bridgehead atoms. The second kappa shape index (κ2) is 6.97. The zero-order chi connectivity index (χ0) is 14.5. The standard InChI is InChI=1S/C18H20ClNO/c19-16-6-3-7-18(12-16)21-13-15-5-2-1-4-14(15)10-11-20-17-8-9-17/h1-7,12,17,20H,8-11,13H2. The number of hydrogen-bond donors (Lipinski definition) is 1. The molecule has 0 aliphatic heterocycles.